The average molecular weight is 293 g/mol. The normalized spacial score (nSPS) is 10.5. The number of nitrogens with zero attached hydrogens (tertiary/aromatic N) is 1. The van der Waals surface area contributed by atoms with Crippen molar-refractivity contribution in [1.29, 1.82) is 0 Å². The lowest BCUT2D eigenvalue weighted by Crippen LogP contribution is -1.92. The van der Waals surface area contributed by atoms with Crippen molar-refractivity contribution in [3.05, 3.63) is 47.7 Å². The fourth-order valence-corrected chi connectivity index (χ4v) is 2.40. The fraction of sp³-hybridized carbons (Fsp3) is 0.214. The Morgan fingerprint density at radius 2 is 2.16 bits per heavy atom. The number of thioether (sulfide) groups is 1. The summed E-state index contributed by atoms with van der Waals surface area (Å²) < 4.78 is 5.66. The van der Waals surface area contributed by atoms with Crippen LogP contribution in [-0.2, 0) is 12.4 Å². The monoisotopic (exact) mass is 293 g/mol. The summed E-state index contributed by atoms with van der Waals surface area (Å²) in [6.45, 7) is -0.000603. The molecule has 0 amide bonds. The topological polar surface area (TPSA) is 42.4 Å². The number of aromatic nitrogens is 1. The third-order valence-electron chi connectivity index (χ3n) is 2.62. The molecular weight excluding hydrogens is 278 g/mol. The lowest BCUT2D eigenvalue weighted by atomic mass is 10.2. The van der Waals surface area contributed by atoms with Crippen LogP contribution in [0.5, 0.6) is 11.6 Å². The van der Waals surface area contributed by atoms with E-state index in [4.69, 9.17) is 4.74 Å². The Labute approximate surface area is 122 Å². The van der Waals surface area contributed by atoms with E-state index in [-0.39, 0.29) is 6.61 Å². The maximum atomic E-state index is 9.32. The zero-order valence-electron chi connectivity index (χ0n) is 10.5. The molecule has 0 unspecified atom stereocenters. The van der Waals surface area contributed by atoms with Crippen LogP contribution in [0.3, 0.4) is 0 Å². The highest BCUT2D eigenvalue weighted by Crippen LogP contribution is 2.27. The molecule has 100 valence electrons. The molecule has 0 fully saturated rings. The van der Waals surface area contributed by atoms with Gasteiger partial charge in [-0.15, -0.1) is 11.8 Å². The van der Waals surface area contributed by atoms with E-state index < -0.39 is 0 Å². The van der Waals surface area contributed by atoms with Crippen molar-refractivity contribution in [1.82, 2.24) is 4.98 Å². The van der Waals surface area contributed by atoms with Gasteiger partial charge in [-0.1, -0.05) is 6.07 Å². The summed E-state index contributed by atoms with van der Waals surface area (Å²) in [5, 5.41) is 9.32. The maximum Gasteiger partial charge on any atom is 0.219 e. The second-order valence-corrected chi connectivity index (χ2v) is 5.06. The third kappa shape index (κ3) is 3.65. The van der Waals surface area contributed by atoms with Gasteiger partial charge in [0.05, 0.1) is 6.61 Å². The molecule has 1 N–H and O–H groups in total. The Kier molecular flexibility index (Phi) is 5.13. The minimum Gasteiger partial charge on any atom is -0.439 e. The number of pyridine rings is 1. The van der Waals surface area contributed by atoms with Crippen LogP contribution in [0, 0.1) is 0 Å². The molecule has 1 aromatic heterocycles. The van der Waals surface area contributed by atoms with E-state index in [1.807, 2.05) is 36.6 Å². The van der Waals surface area contributed by atoms with Crippen LogP contribution in [0.1, 0.15) is 11.1 Å². The van der Waals surface area contributed by atoms with E-state index in [0.717, 1.165) is 16.0 Å². The van der Waals surface area contributed by atoms with Gasteiger partial charge in [0, 0.05) is 22.9 Å². The van der Waals surface area contributed by atoms with Gasteiger partial charge in [-0.25, -0.2) is 4.98 Å². The summed E-state index contributed by atoms with van der Waals surface area (Å²) in [4.78, 5) is 5.25. The van der Waals surface area contributed by atoms with Crippen molar-refractivity contribution in [2.45, 2.75) is 17.3 Å². The number of thiol groups is 1. The molecule has 1 heterocycles. The van der Waals surface area contributed by atoms with Crippen molar-refractivity contribution in [2.75, 3.05) is 6.26 Å². The molecule has 5 heteroatoms. The summed E-state index contributed by atoms with van der Waals surface area (Å²) in [5.41, 5.74) is 1.90. The Hall–Kier alpha value is -1.17. The number of hydrogen-bond acceptors (Lipinski definition) is 5. The summed E-state index contributed by atoms with van der Waals surface area (Å²) in [5.74, 6) is 1.86. The van der Waals surface area contributed by atoms with Crippen LogP contribution < -0.4 is 4.74 Å². The fourth-order valence-electron chi connectivity index (χ4n) is 1.63. The number of benzene rings is 1. The van der Waals surface area contributed by atoms with E-state index in [2.05, 4.69) is 17.6 Å². The van der Waals surface area contributed by atoms with Crippen LogP contribution in [-0.4, -0.2) is 16.3 Å². The molecule has 0 spiro atoms. The lowest BCUT2D eigenvalue weighted by Gasteiger charge is -2.09. The van der Waals surface area contributed by atoms with Crippen LogP contribution in [0.25, 0.3) is 0 Å². The van der Waals surface area contributed by atoms with Gasteiger partial charge in [0.15, 0.2) is 0 Å². The quantitative estimate of drug-likeness (QED) is 0.654. The number of aliphatic hydroxyl groups is 1. The van der Waals surface area contributed by atoms with Gasteiger partial charge in [-0.2, -0.15) is 12.6 Å². The standard InChI is InChI=1S/C14H15NO2S2/c1-19-13-4-3-12(6-11(13)8-16)17-14-5-2-10(9-18)7-15-14/h2-7,16,18H,8-9H2,1H3. The summed E-state index contributed by atoms with van der Waals surface area (Å²) in [7, 11) is 0. The van der Waals surface area contributed by atoms with Gasteiger partial charge in [0.1, 0.15) is 5.75 Å². The first-order chi connectivity index (χ1) is 9.26. The molecule has 0 saturated heterocycles. The van der Waals surface area contributed by atoms with Crippen molar-refractivity contribution in [3.8, 4) is 11.6 Å². The second kappa shape index (κ2) is 6.84. The van der Waals surface area contributed by atoms with Crippen LogP contribution in [0.15, 0.2) is 41.4 Å². The molecule has 2 rings (SSSR count). The van der Waals surface area contributed by atoms with E-state index in [1.165, 1.54) is 0 Å². The van der Waals surface area contributed by atoms with Crippen LogP contribution in [0.4, 0.5) is 0 Å². The van der Waals surface area contributed by atoms with Gasteiger partial charge < -0.3 is 9.84 Å². The first-order valence-electron chi connectivity index (χ1n) is 5.78. The molecule has 0 aliphatic rings. The molecule has 0 aliphatic heterocycles. The molecule has 0 saturated carbocycles. The number of ether oxygens (including phenoxy) is 1. The highest BCUT2D eigenvalue weighted by atomic mass is 32.2. The first kappa shape index (κ1) is 14.2. The van der Waals surface area contributed by atoms with Gasteiger partial charge in [-0.3, -0.25) is 0 Å². The highest BCUT2D eigenvalue weighted by Gasteiger charge is 2.04. The van der Waals surface area contributed by atoms with Crippen LogP contribution in [0.2, 0.25) is 0 Å². The molecular formula is C14H15NO2S2. The van der Waals surface area contributed by atoms with Crippen molar-refractivity contribution in [2.24, 2.45) is 0 Å². The van der Waals surface area contributed by atoms with E-state index >= 15 is 0 Å². The van der Waals surface area contributed by atoms with Gasteiger partial charge >= 0.3 is 0 Å². The summed E-state index contributed by atoms with van der Waals surface area (Å²) in [6, 6.07) is 9.39. The summed E-state index contributed by atoms with van der Waals surface area (Å²) in [6.07, 6.45) is 3.72. The van der Waals surface area contributed by atoms with Gasteiger partial charge in [0.2, 0.25) is 5.88 Å². The Morgan fingerprint density at radius 3 is 2.74 bits per heavy atom. The zero-order chi connectivity index (χ0) is 13.7. The largest absolute Gasteiger partial charge is 0.439 e. The Balaban J connectivity index is 2.18. The number of hydrogen-bond donors (Lipinski definition) is 2. The van der Waals surface area contributed by atoms with E-state index in [1.54, 1.807) is 18.0 Å². The SMILES string of the molecule is CSc1ccc(Oc2ccc(CS)cn2)cc1CO. The summed E-state index contributed by atoms with van der Waals surface area (Å²) >= 11 is 5.78. The predicted octanol–water partition coefficient (Wildman–Crippen LogP) is 3.52. The molecule has 0 radical (unpaired) electrons. The average Bonchev–Trinajstić information content (AvgIpc) is 2.48. The van der Waals surface area contributed by atoms with Crippen molar-refractivity contribution in [3.63, 3.8) is 0 Å². The highest BCUT2D eigenvalue weighted by molar-refractivity contribution is 7.98. The molecule has 2 aromatic rings. The minimum absolute atomic E-state index is 0.000603. The minimum atomic E-state index is -0.000603. The Morgan fingerprint density at radius 1 is 1.32 bits per heavy atom. The van der Waals surface area contributed by atoms with E-state index in [0.29, 0.717) is 17.4 Å². The number of rotatable bonds is 5. The zero-order valence-corrected chi connectivity index (χ0v) is 12.2. The van der Waals surface area contributed by atoms with Crippen molar-refractivity contribution >= 4 is 24.4 Å². The molecule has 0 bridgehead atoms. The molecule has 19 heavy (non-hydrogen) atoms. The molecule has 0 atom stereocenters. The first-order valence-corrected chi connectivity index (χ1v) is 7.64. The smallest absolute Gasteiger partial charge is 0.219 e. The third-order valence-corrected chi connectivity index (χ3v) is 3.83. The van der Waals surface area contributed by atoms with Crippen molar-refractivity contribution < 1.29 is 9.84 Å². The predicted molar refractivity (Wildman–Crippen MR) is 81.1 cm³/mol. The Bertz CT molecular complexity index is 544. The second-order valence-electron chi connectivity index (χ2n) is 3.90. The van der Waals surface area contributed by atoms with Gasteiger partial charge in [0.25, 0.3) is 0 Å². The molecule has 3 nitrogen and oxygen atoms in total. The van der Waals surface area contributed by atoms with Crippen LogP contribution >= 0.6 is 24.4 Å². The molecule has 0 aliphatic carbocycles. The van der Waals surface area contributed by atoms with E-state index in [9.17, 15) is 5.11 Å². The maximum absolute atomic E-state index is 9.32. The lowest BCUT2D eigenvalue weighted by molar-refractivity contribution is 0.278. The van der Waals surface area contributed by atoms with Gasteiger partial charge in [-0.05, 0) is 35.6 Å². The molecule has 1 aromatic carbocycles. The number of aliphatic hydroxyl groups excluding tert-OH is 1.